The van der Waals surface area contributed by atoms with Crippen LogP contribution in [0, 0.1) is 0 Å². The van der Waals surface area contributed by atoms with Crippen LogP contribution in [0.5, 0.6) is 0 Å². The fourth-order valence-corrected chi connectivity index (χ4v) is 6.00. The molecule has 6 nitrogen and oxygen atoms in total. The van der Waals surface area contributed by atoms with Gasteiger partial charge in [-0.25, -0.2) is 14.9 Å². The van der Waals surface area contributed by atoms with Gasteiger partial charge in [0.15, 0.2) is 0 Å². The van der Waals surface area contributed by atoms with Crippen molar-refractivity contribution in [3.63, 3.8) is 0 Å². The highest BCUT2D eigenvalue weighted by Crippen LogP contribution is 2.39. The lowest BCUT2D eigenvalue weighted by Crippen LogP contribution is -2.29. The summed E-state index contributed by atoms with van der Waals surface area (Å²) in [4.78, 5) is 37.7. The minimum absolute atomic E-state index is 0.329. The molecular formula is C36H22N4O2. The molecule has 0 unspecified atom stereocenters. The van der Waals surface area contributed by atoms with Gasteiger partial charge in [0.05, 0.1) is 33.5 Å². The van der Waals surface area contributed by atoms with Gasteiger partial charge in [0.1, 0.15) is 6.33 Å². The van der Waals surface area contributed by atoms with Crippen LogP contribution in [-0.4, -0.2) is 26.3 Å². The molecule has 2 amide bonds. The minimum atomic E-state index is -0.339. The van der Waals surface area contributed by atoms with Crippen molar-refractivity contribution >= 4 is 39.3 Å². The van der Waals surface area contributed by atoms with Crippen LogP contribution in [0.15, 0.2) is 134 Å². The Morgan fingerprint density at radius 2 is 1.24 bits per heavy atom. The average Bonchev–Trinajstić information content (AvgIpc) is 3.52. The number of nitrogens with zero attached hydrogens (tertiary/aromatic N) is 4. The highest BCUT2D eigenvalue weighted by Gasteiger charge is 2.39. The van der Waals surface area contributed by atoms with E-state index in [1.165, 1.54) is 11.2 Å². The quantitative estimate of drug-likeness (QED) is 0.214. The summed E-state index contributed by atoms with van der Waals surface area (Å²) < 4.78 is 2.09. The molecule has 0 spiro atoms. The Balaban J connectivity index is 1.32. The van der Waals surface area contributed by atoms with Gasteiger partial charge >= 0.3 is 0 Å². The molecule has 0 N–H and O–H groups in total. The first-order chi connectivity index (χ1) is 20.7. The van der Waals surface area contributed by atoms with Crippen molar-refractivity contribution in [3.05, 3.63) is 145 Å². The first kappa shape index (κ1) is 24.0. The maximum absolute atomic E-state index is 14.2. The normalized spacial score (nSPS) is 12.8. The number of amides is 2. The standard InChI is InChI=1S/C36H22N4O2/c41-35-30-13-7-15-32(34(30)36(42)39(35)27-11-6-10-24(18-27)23-8-2-1-3-9-23)40-31-14-5-4-12-28(31)29-17-16-25(19-33(29)40)26-20-37-22-38-21-26/h1-22H. The van der Waals surface area contributed by atoms with Gasteiger partial charge in [0.25, 0.3) is 11.8 Å². The number of imide groups is 1. The van der Waals surface area contributed by atoms with Crippen LogP contribution < -0.4 is 4.90 Å². The predicted molar refractivity (Wildman–Crippen MR) is 165 cm³/mol. The number of benzene rings is 5. The number of anilines is 1. The summed E-state index contributed by atoms with van der Waals surface area (Å²) in [6.07, 6.45) is 5.08. The van der Waals surface area contributed by atoms with E-state index in [-0.39, 0.29) is 11.8 Å². The van der Waals surface area contributed by atoms with Crippen LogP contribution in [0.25, 0.3) is 49.7 Å². The molecule has 198 valence electrons. The molecule has 1 aliphatic rings. The number of aromatic nitrogens is 3. The number of carbonyl (C=O) groups is 2. The number of carbonyl (C=O) groups excluding carboxylic acids is 2. The largest absolute Gasteiger partial charge is 0.308 e. The van der Waals surface area contributed by atoms with Crippen molar-refractivity contribution < 1.29 is 9.59 Å². The second kappa shape index (κ2) is 9.35. The molecule has 0 saturated carbocycles. The highest BCUT2D eigenvalue weighted by molar-refractivity contribution is 6.36. The molecule has 0 radical (unpaired) electrons. The summed E-state index contributed by atoms with van der Waals surface area (Å²) in [6, 6.07) is 37.4. The van der Waals surface area contributed by atoms with Crippen molar-refractivity contribution in [2.45, 2.75) is 0 Å². The van der Waals surface area contributed by atoms with Gasteiger partial charge in [0, 0.05) is 28.7 Å². The minimum Gasteiger partial charge on any atom is -0.308 e. The Kier molecular flexibility index (Phi) is 5.34. The number of rotatable bonds is 4. The summed E-state index contributed by atoms with van der Waals surface area (Å²) in [5.41, 5.74) is 7.67. The molecule has 1 aliphatic heterocycles. The number of hydrogen-bond acceptors (Lipinski definition) is 4. The van der Waals surface area contributed by atoms with Crippen LogP contribution in [-0.2, 0) is 0 Å². The van der Waals surface area contributed by atoms with E-state index >= 15 is 0 Å². The van der Waals surface area contributed by atoms with E-state index in [2.05, 4.69) is 38.8 Å². The SMILES string of the molecule is O=C1c2cccc(-n3c4ccccc4c4ccc(-c5cncnc5)cc43)c2C(=O)N1c1cccc(-c2ccccc2)c1. The van der Waals surface area contributed by atoms with E-state index in [0.717, 1.165) is 44.1 Å². The Bertz CT molecular complexity index is 2190. The van der Waals surface area contributed by atoms with Gasteiger partial charge in [-0.05, 0) is 53.1 Å². The van der Waals surface area contributed by atoms with E-state index in [1.54, 1.807) is 18.5 Å². The van der Waals surface area contributed by atoms with Gasteiger partial charge in [-0.15, -0.1) is 0 Å². The zero-order valence-corrected chi connectivity index (χ0v) is 22.3. The monoisotopic (exact) mass is 542 g/mol. The first-order valence-corrected chi connectivity index (χ1v) is 13.7. The topological polar surface area (TPSA) is 68.1 Å². The van der Waals surface area contributed by atoms with E-state index in [0.29, 0.717) is 22.5 Å². The summed E-state index contributed by atoms with van der Waals surface area (Å²) in [7, 11) is 0. The second-order valence-electron chi connectivity index (χ2n) is 10.3. The zero-order valence-electron chi connectivity index (χ0n) is 22.3. The summed E-state index contributed by atoms with van der Waals surface area (Å²) in [5.74, 6) is -0.667. The molecular weight excluding hydrogens is 520 g/mol. The van der Waals surface area contributed by atoms with Crippen molar-refractivity contribution in [2.24, 2.45) is 0 Å². The Morgan fingerprint density at radius 3 is 2.10 bits per heavy atom. The number of para-hydroxylation sites is 1. The lowest BCUT2D eigenvalue weighted by molar-refractivity contribution is 0.0926. The molecule has 0 aliphatic carbocycles. The van der Waals surface area contributed by atoms with Gasteiger partial charge in [-0.1, -0.05) is 78.9 Å². The Hall–Kier alpha value is -5.88. The van der Waals surface area contributed by atoms with E-state index < -0.39 is 0 Å². The van der Waals surface area contributed by atoms with Crippen molar-refractivity contribution in [3.8, 4) is 27.9 Å². The van der Waals surface area contributed by atoms with E-state index in [1.807, 2.05) is 84.9 Å². The van der Waals surface area contributed by atoms with Crippen LogP contribution in [0.2, 0.25) is 0 Å². The Labute approximate surface area is 241 Å². The van der Waals surface area contributed by atoms with Crippen LogP contribution >= 0.6 is 0 Å². The molecule has 2 aromatic heterocycles. The molecule has 5 aromatic carbocycles. The van der Waals surface area contributed by atoms with Crippen molar-refractivity contribution in [2.75, 3.05) is 4.90 Å². The van der Waals surface area contributed by atoms with Gasteiger partial charge in [-0.2, -0.15) is 0 Å². The molecule has 6 heteroatoms. The fraction of sp³-hybridized carbons (Fsp3) is 0. The zero-order chi connectivity index (χ0) is 28.2. The third-order valence-electron chi connectivity index (χ3n) is 7.91. The number of fused-ring (bicyclic) bond motifs is 4. The molecule has 8 rings (SSSR count). The predicted octanol–water partition coefficient (Wildman–Crippen LogP) is 7.71. The van der Waals surface area contributed by atoms with Crippen LogP contribution in [0.3, 0.4) is 0 Å². The third kappa shape index (κ3) is 3.59. The van der Waals surface area contributed by atoms with Crippen LogP contribution in [0.1, 0.15) is 20.7 Å². The Morgan fingerprint density at radius 1 is 0.524 bits per heavy atom. The van der Waals surface area contributed by atoms with Crippen LogP contribution in [0.4, 0.5) is 5.69 Å². The summed E-state index contributed by atoms with van der Waals surface area (Å²) >= 11 is 0. The maximum atomic E-state index is 14.2. The average molecular weight is 543 g/mol. The molecule has 0 fully saturated rings. The maximum Gasteiger partial charge on any atom is 0.268 e. The molecule has 0 atom stereocenters. The second-order valence-corrected chi connectivity index (χ2v) is 10.3. The molecule has 3 heterocycles. The lowest BCUT2D eigenvalue weighted by atomic mass is 10.0. The highest BCUT2D eigenvalue weighted by atomic mass is 16.2. The molecule has 7 aromatic rings. The molecule has 42 heavy (non-hydrogen) atoms. The third-order valence-corrected chi connectivity index (χ3v) is 7.91. The summed E-state index contributed by atoms with van der Waals surface area (Å²) in [6.45, 7) is 0. The van der Waals surface area contributed by atoms with Gasteiger partial charge < -0.3 is 4.57 Å². The smallest absolute Gasteiger partial charge is 0.268 e. The van der Waals surface area contributed by atoms with Crippen molar-refractivity contribution in [1.82, 2.24) is 14.5 Å². The van der Waals surface area contributed by atoms with Gasteiger partial charge in [0.2, 0.25) is 0 Å². The van der Waals surface area contributed by atoms with E-state index in [4.69, 9.17) is 0 Å². The lowest BCUT2D eigenvalue weighted by Gasteiger charge is -2.16. The van der Waals surface area contributed by atoms with Gasteiger partial charge in [-0.3, -0.25) is 9.59 Å². The summed E-state index contributed by atoms with van der Waals surface area (Å²) in [5, 5.41) is 2.11. The molecule has 0 saturated heterocycles. The number of hydrogen-bond donors (Lipinski definition) is 0. The first-order valence-electron chi connectivity index (χ1n) is 13.7. The van der Waals surface area contributed by atoms with Crippen molar-refractivity contribution in [1.29, 1.82) is 0 Å². The molecule has 0 bridgehead atoms. The fourth-order valence-electron chi connectivity index (χ4n) is 6.00. The van der Waals surface area contributed by atoms with E-state index in [9.17, 15) is 9.59 Å².